The van der Waals surface area contributed by atoms with Crippen LogP contribution in [0.2, 0.25) is 0 Å². The van der Waals surface area contributed by atoms with Crippen LogP contribution in [0.25, 0.3) is 0 Å². The lowest BCUT2D eigenvalue weighted by Gasteiger charge is -1.95. The van der Waals surface area contributed by atoms with Crippen LogP contribution in [0.4, 0.5) is 4.39 Å². The molecule has 0 saturated carbocycles. The van der Waals surface area contributed by atoms with Gasteiger partial charge in [-0.15, -0.1) is 0 Å². The van der Waals surface area contributed by atoms with Gasteiger partial charge in [0.05, 0.1) is 0 Å². The van der Waals surface area contributed by atoms with Gasteiger partial charge in [0.1, 0.15) is 5.82 Å². The normalized spacial score (nSPS) is 8.67. The molecule has 0 atom stereocenters. The largest absolute Gasteiger partial charge is 0.333 e. The first-order valence-corrected chi connectivity index (χ1v) is 4.15. The van der Waals surface area contributed by atoms with Crippen LogP contribution in [0.3, 0.4) is 0 Å². The third-order valence-corrected chi connectivity index (χ3v) is 1.45. The quantitative estimate of drug-likeness (QED) is 0.722. The Labute approximate surface area is 73.4 Å². The predicted molar refractivity (Wildman–Crippen MR) is 50.5 cm³/mol. The van der Waals surface area contributed by atoms with Crippen LogP contribution in [0.1, 0.15) is 18.9 Å². The highest BCUT2D eigenvalue weighted by molar-refractivity contribution is 5.15. The van der Waals surface area contributed by atoms with Crippen LogP contribution in [-0.4, -0.2) is 7.05 Å². The second kappa shape index (κ2) is 6.80. The molecule has 1 aromatic rings. The van der Waals surface area contributed by atoms with Crippen molar-refractivity contribution in [2.75, 3.05) is 7.05 Å². The van der Waals surface area contributed by atoms with E-state index in [0.717, 1.165) is 12.8 Å². The van der Waals surface area contributed by atoms with Gasteiger partial charge in [0.25, 0.3) is 0 Å². The third-order valence-electron chi connectivity index (χ3n) is 1.45. The molecule has 0 spiro atoms. The Balaban J connectivity index is 0.000000561. The molecule has 0 aliphatic rings. The number of hydrogen-bond acceptors (Lipinski definition) is 1. The summed E-state index contributed by atoms with van der Waals surface area (Å²) in [5, 5.41) is 0. The van der Waals surface area contributed by atoms with Gasteiger partial charge < -0.3 is 5.73 Å². The first kappa shape index (κ1) is 11.1. The molecule has 0 aliphatic carbocycles. The minimum absolute atomic E-state index is 0.153. The van der Waals surface area contributed by atoms with E-state index in [9.17, 15) is 4.39 Å². The zero-order valence-corrected chi connectivity index (χ0v) is 7.68. The van der Waals surface area contributed by atoms with Gasteiger partial charge in [-0.05, 0) is 31.2 Å². The van der Waals surface area contributed by atoms with Crippen molar-refractivity contribution in [2.45, 2.75) is 19.8 Å². The molecule has 0 fully saturated rings. The SMILES string of the molecule is CCCc1ccc(F)cc1.CN. The van der Waals surface area contributed by atoms with Gasteiger partial charge in [0.15, 0.2) is 0 Å². The number of halogens is 1. The molecule has 68 valence electrons. The van der Waals surface area contributed by atoms with Crippen LogP contribution in [0.5, 0.6) is 0 Å². The van der Waals surface area contributed by atoms with Gasteiger partial charge in [0.2, 0.25) is 0 Å². The Morgan fingerprint density at radius 1 is 1.17 bits per heavy atom. The summed E-state index contributed by atoms with van der Waals surface area (Å²) in [6.07, 6.45) is 2.16. The molecule has 1 rings (SSSR count). The molecular formula is C10H16FN. The van der Waals surface area contributed by atoms with Crippen LogP contribution in [0.15, 0.2) is 24.3 Å². The Morgan fingerprint density at radius 2 is 1.67 bits per heavy atom. The number of benzene rings is 1. The van der Waals surface area contributed by atoms with E-state index < -0.39 is 0 Å². The van der Waals surface area contributed by atoms with Gasteiger partial charge in [-0.1, -0.05) is 25.5 Å². The molecule has 0 aliphatic heterocycles. The molecule has 12 heavy (non-hydrogen) atoms. The summed E-state index contributed by atoms with van der Waals surface area (Å²) >= 11 is 0. The average Bonchev–Trinajstić information content (AvgIpc) is 2.13. The highest BCUT2D eigenvalue weighted by Crippen LogP contribution is 2.04. The van der Waals surface area contributed by atoms with Crippen molar-refractivity contribution in [3.05, 3.63) is 35.6 Å². The van der Waals surface area contributed by atoms with Gasteiger partial charge in [0, 0.05) is 0 Å². The fourth-order valence-corrected chi connectivity index (χ4v) is 0.940. The number of hydrogen-bond donors (Lipinski definition) is 1. The third kappa shape index (κ3) is 4.09. The zero-order valence-electron chi connectivity index (χ0n) is 7.68. The van der Waals surface area contributed by atoms with Crippen molar-refractivity contribution in [2.24, 2.45) is 5.73 Å². The summed E-state index contributed by atoms with van der Waals surface area (Å²) in [7, 11) is 1.50. The molecular weight excluding hydrogens is 153 g/mol. The molecule has 0 unspecified atom stereocenters. The van der Waals surface area contributed by atoms with E-state index >= 15 is 0 Å². The minimum atomic E-state index is -0.153. The summed E-state index contributed by atoms with van der Waals surface area (Å²) in [6, 6.07) is 6.67. The summed E-state index contributed by atoms with van der Waals surface area (Å²) in [5.74, 6) is -0.153. The molecule has 0 bridgehead atoms. The number of rotatable bonds is 2. The molecule has 2 N–H and O–H groups in total. The zero-order chi connectivity index (χ0) is 9.40. The smallest absolute Gasteiger partial charge is 0.123 e. The van der Waals surface area contributed by atoms with Crippen molar-refractivity contribution in [1.82, 2.24) is 0 Å². The van der Waals surface area contributed by atoms with Crippen molar-refractivity contribution >= 4 is 0 Å². The minimum Gasteiger partial charge on any atom is -0.333 e. The summed E-state index contributed by atoms with van der Waals surface area (Å²) in [6.45, 7) is 2.11. The second-order valence-corrected chi connectivity index (χ2v) is 2.38. The highest BCUT2D eigenvalue weighted by Gasteiger charge is 1.90. The lowest BCUT2D eigenvalue weighted by Crippen LogP contribution is -1.81. The van der Waals surface area contributed by atoms with Gasteiger partial charge in [-0.3, -0.25) is 0 Å². The molecule has 1 aromatic carbocycles. The maximum absolute atomic E-state index is 12.3. The maximum atomic E-state index is 12.3. The van der Waals surface area contributed by atoms with Gasteiger partial charge >= 0.3 is 0 Å². The molecule has 2 heteroatoms. The lowest BCUT2D eigenvalue weighted by atomic mass is 10.1. The van der Waals surface area contributed by atoms with Crippen LogP contribution < -0.4 is 5.73 Å². The van der Waals surface area contributed by atoms with Crippen LogP contribution >= 0.6 is 0 Å². The van der Waals surface area contributed by atoms with E-state index in [1.165, 1.54) is 24.7 Å². The number of nitrogens with two attached hydrogens (primary N) is 1. The van der Waals surface area contributed by atoms with E-state index in [1.54, 1.807) is 0 Å². The first-order chi connectivity index (χ1) is 5.83. The Bertz CT molecular complexity index is 193. The van der Waals surface area contributed by atoms with Crippen LogP contribution in [-0.2, 0) is 6.42 Å². The summed E-state index contributed by atoms with van der Waals surface area (Å²) in [5.41, 5.74) is 5.71. The first-order valence-electron chi connectivity index (χ1n) is 4.15. The number of aryl methyl sites for hydroxylation is 1. The average molecular weight is 169 g/mol. The Morgan fingerprint density at radius 3 is 2.08 bits per heavy atom. The van der Waals surface area contributed by atoms with E-state index in [-0.39, 0.29) is 5.82 Å². The Hall–Kier alpha value is -0.890. The predicted octanol–water partition coefficient (Wildman–Crippen LogP) is 2.35. The topological polar surface area (TPSA) is 26.0 Å². The van der Waals surface area contributed by atoms with E-state index in [2.05, 4.69) is 12.7 Å². The fourth-order valence-electron chi connectivity index (χ4n) is 0.940. The highest BCUT2D eigenvalue weighted by atomic mass is 19.1. The second-order valence-electron chi connectivity index (χ2n) is 2.38. The molecule has 0 saturated heterocycles. The van der Waals surface area contributed by atoms with Gasteiger partial charge in [-0.2, -0.15) is 0 Å². The van der Waals surface area contributed by atoms with Crippen LogP contribution in [0, 0.1) is 5.82 Å². The molecule has 0 aromatic heterocycles. The maximum Gasteiger partial charge on any atom is 0.123 e. The standard InChI is InChI=1S/C9H11F.CH5N/c1-2-3-8-4-6-9(10)7-5-8;1-2/h4-7H,2-3H2,1H3;2H2,1H3. The van der Waals surface area contributed by atoms with E-state index in [4.69, 9.17) is 0 Å². The molecule has 1 nitrogen and oxygen atoms in total. The summed E-state index contributed by atoms with van der Waals surface area (Å²) < 4.78 is 12.3. The molecule has 0 radical (unpaired) electrons. The fraction of sp³-hybridized carbons (Fsp3) is 0.400. The van der Waals surface area contributed by atoms with Crippen molar-refractivity contribution in [1.29, 1.82) is 0 Å². The van der Waals surface area contributed by atoms with E-state index in [1.807, 2.05) is 12.1 Å². The lowest BCUT2D eigenvalue weighted by molar-refractivity contribution is 0.627. The molecule has 0 heterocycles. The monoisotopic (exact) mass is 169 g/mol. The van der Waals surface area contributed by atoms with Crippen molar-refractivity contribution in [3.8, 4) is 0 Å². The van der Waals surface area contributed by atoms with Crippen molar-refractivity contribution in [3.63, 3.8) is 0 Å². The summed E-state index contributed by atoms with van der Waals surface area (Å²) in [4.78, 5) is 0. The van der Waals surface area contributed by atoms with E-state index in [0.29, 0.717) is 0 Å². The Kier molecular flexibility index (Phi) is 6.29. The van der Waals surface area contributed by atoms with Crippen molar-refractivity contribution < 1.29 is 4.39 Å². The van der Waals surface area contributed by atoms with Gasteiger partial charge in [-0.25, -0.2) is 4.39 Å². The molecule has 0 amide bonds.